The molecule has 172 valence electrons. The van der Waals surface area contributed by atoms with Crippen molar-refractivity contribution in [3.05, 3.63) is 59.7 Å². The zero-order valence-corrected chi connectivity index (χ0v) is 20.6. The molecule has 1 atom stereocenters. The lowest BCUT2D eigenvalue weighted by Gasteiger charge is -2.30. The largest absolute Gasteiger partial charge is 0.385 e. The van der Waals surface area contributed by atoms with Crippen LogP contribution in [0.25, 0.3) is 0 Å². The first kappa shape index (κ1) is 25.4. The number of aliphatic hydroxyl groups is 1. The number of nitrogens with zero attached hydrogens (tertiary/aromatic N) is 1. The van der Waals surface area contributed by atoms with Crippen LogP contribution in [0.3, 0.4) is 0 Å². The number of nitrogens with one attached hydrogen (secondary N) is 1. The second kappa shape index (κ2) is 11.1. The predicted octanol–water partition coefficient (Wildman–Crippen LogP) is 3.06. The molecular formula is C25H39N2O3S+. The van der Waals surface area contributed by atoms with Gasteiger partial charge >= 0.3 is 0 Å². The van der Waals surface area contributed by atoms with Crippen LogP contribution in [0, 0.1) is 25.7 Å². The molecule has 2 aromatic rings. The normalized spacial score (nSPS) is 13.2. The van der Waals surface area contributed by atoms with Gasteiger partial charge in [0.15, 0.2) is 0 Å². The molecule has 0 radical (unpaired) electrons. The third-order valence-electron chi connectivity index (χ3n) is 5.19. The average molecular weight is 448 g/mol. The van der Waals surface area contributed by atoms with Crippen molar-refractivity contribution >= 4 is 15.7 Å². The lowest BCUT2D eigenvalue weighted by Crippen LogP contribution is -3.14. The van der Waals surface area contributed by atoms with Crippen molar-refractivity contribution in [1.29, 1.82) is 0 Å². The fourth-order valence-corrected chi connectivity index (χ4v) is 5.45. The molecular weight excluding hydrogens is 408 g/mol. The molecule has 0 saturated heterocycles. The number of benzene rings is 2. The third kappa shape index (κ3) is 7.63. The molecule has 0 amide bonds. The number of hydrogen-bond donors (Lipinski definition) is 2. The minimum Gasteiger partial charge on any atom is -0.385 e. The first-order valence-electron chi connectivity index (χ1n) is 11.2. The van der Waals surface area contributed by atoms with Gasteiger partial charge in [-0.3, -0.25) is 4.31 Å². The summed E-state index contributed by atoms with van der Waals surface area (Å²) in [5.74, 6) is 1.01. The molecule has 6 heteroatoms. The van der Waals surface area contributed by atoms with Gasteiger partial charge < -0.3 is 10.0 Å². The van der Waals surface area contributed by atoms with Crippen LogP contribution < -0.4 is 9.21 Å². The van der Waals surface area contributed by atoms with Crippen LogP contribution in [0.15, 0.2) is 53.4 Å². The van der Waals surface area contributed by atoms with Crippen molar-refractivity contribution in [2.45, 2.75) is 52.5 Å². The molecule has 0 bridgehead atoms. The number of aryl methyl sites for hydroxylation is 2. The Hall–Kier alpha value is -1.89. The molecule has 0 unspecified atom stereocenters. The zero-order valence-electron chi connectivity index (χ0n) is 19.8. The lowest BCUT2D eigenvalue weighted by atomic mass is 10.1. The Balaban J connectivity index is 2.33. The van der Waals surface area contributed by atoms with E-state index in [2.05, 4.69) is 27.7 Å². The second-order valence-electron chi connectivity index (χ2n) is 9.49. The van der Waals surface area contributed by atoms with Crippen LogP contribution in [0.5, 0.6) is 0 Å². The smallest absolute Gasteiger partial charge is 0.264 e. The molecule has 2 aromatic carbocycles. The summed E-state index contributed by atoms with van der Waals surface area (Å²) in [4.78, 5) is 1.54. The van der Waals surface area contributed by atoms with Crippen LogP contribution >= 0.6 is 0 Å². The average Bonchev–Trinajstić information content (AvgIpc) is 2.65. The summed E-state index contributed by atoms with van der Waals surface area (Å²) >= 11 is 0. The van der Waals surface area contributed by atoms with E-state index in [-0.39, 0.29) is 11.4 Å². The summed E-state index contributed by atoms with van der Waals surface area (Å²) in [7, 11) is -3.80. The zero-order chi connectivity index (χ0) is 23.2. The summed E-state index contributed by atoms with van der Waals surface area (Å²) in [5.41, 5.74) is 2.56. The van der Waals surface area contributed by atoms with Gasteiger partial charge in [-0.15, -0.1) is 0 Å². The Morgan fingerprint density at radius 3 is 1.97 bits per heavy atom. The highest BCUT2D eigenvalue weighted by Crippen LogP contribution is 2.25. The Morgan fingerprint density at radius 1 is 0.871 bits per heavy atom. The molecule has 0 aliphatic heterocycles. The van der Waals surface area contributed by atoms with Gasteiger partial charge in [0.25, 0.3) is 10.0 Å². The molecule has 0 spiro atoms. The first-order chi connectivity index (χ1) is 14.5. The Kier molecular flexibility index (Phi) is 9.10. The monoisotopic (exact) mass is 447 g/mol. The molecule has 31 heavy (non-hydrogen) atoms. The lowest BCUT2D eigenvalue weighted by molar-refractivity contribution is -0.909. The van der Waals surface area contributed by atoms with Gasteiger partial charge in [-0.25, -0.2) is 8.42 Å². The van der Waals surface area contributed by atoms with Crippen LogP contribution in [-0.4, -0.2) is 45.8 Å². The van der Waals surface area contributed by atoms with E-state index < -0.39 is 16.1 Å². The second-order valence-corrected chi connectivity index (χ2v) is 11.4. The molecule has 2 N–H and O–H groups in total. The van der Waals surface area contributed by atoms with Crippen molar-refractivity contribution in [3.8, 4) is 0 Å². The highest BCUT2D eigenvalue weighted by molar-refractivity contribution is 7.92. The molecule has 0 saturated carbocycles. The van der Waals surface area contributed by atoms with Gasteiger partial charge in [0, 0.05) is 11.8 Å². The minimum atomic E-state index is -3.80. The quantitative estimate of drug-likeness (QED) is 0.557. The van der Waals surface area contributed by atoms with E-state index in [1.54, 1.807) is 30.3 Å². The number of sulfonamides is 1. The maximum atomic E-state index is 13.5. The molecule has 0 aliphatic carbocycles. The molecule has 2 rings (SSSR count). The van der Waals surface area contributed by atoms with Gasteiger partial charge in [0.2, 0.25) is 0 Å². The molecule has 5 nitrogen and oxygen atoms in total. The summed E-state index contributed by atoms with van der Waals surface area (Å²) < 4.78 is 28.4. The number of anilines is 1. The van der Waals surface area contributed by atoms with Crippen molar-refractivity contribution < 1.29 is 18.4 Å². The fourth-order valence-electron chi connectivity index (χ4n) is 3.96. The minimum absolute atomic E-state index is 0.0271. The van der Waals surface area contributed by atoms with E-state index in [1.807, 2.05) is 32.0 Å². The predicted molar refractivity (Wildman–Crippen MR) is 128 cm³/mol. The maximum Gasteiger partial charge on any atom is 0.264 e. The SMILES string of the molecule is Cc1ccc(S(=O)(=O)N(C[C@H](O)C[NH+](CC(C)C)CC(C)C)c2cccc(C)c2)cc1. The first-order valence-corrected chi connectivity index (χ1v) is 12.6. The van der Waals surface area contributed by atoms with Crippen molar-refractivity contribution in [3.63, 3.8) is 0 Å². The summed E-state index contributed by atoms with van der Waals surface area (Å²) in [6, 6.07) is 14.3. The Morgan fingerprint density at radius 2 is 1.45 bits per heavy atom. The Bertz CT molecular complexity index is 914. The fraction of sp³-hybridized carbons (Fsp3) is 0.520. The van der Waals surface area contributed by atoms with Gasteiger partial charge in [0.1, 0.15) is 12.6 Å². The Labute approximate surface area is 188 Å². The van der Waals surface area contributed by atoms with Gasteiger partial charge in [0.05, 0.1) is 30.2 Å². The standard InChI is InChI=1S/C25H38N2O3S/c1-19(2)15-26(16-20(3)4)17-24(28)18-27(23-9-7-8-22(6)14-23)31(29,30)25-12-10-21(5)11-13-25/h7-14,19-20,24,28H,15-18H2,1-6H3/p+1/t24-/m1/s1. The number of hydrogen-bond acceptors (Lipinski definition) is 3. The van der Waals surface area contributed by atoms with Crippen LogP contribution in [0.2, 0.25) is 0 Å². The van der Waals surface area contributed by atoms with Crippen LogP contribution in [0.4, 0.5) is 5.69 Å². The van der Waals surface area contributed by atoms with Crippen LogP contribution in [0.1, 0.15) is 38.8 Å². The maximum absolute atomic E-state index is 13.5. The molecule has 0 aliphatic rings. The molecule has 0 heterocycles. The van der Waals surface area contributed by atoms with Gasteiger partial charge in [-0.1, -0.05) is 57.5 Å². The molecule has 0 fully saturated rings. The van der Waals surface area contributed by atoms with E-state index in [4.69, 9.17) is 0 Å². The van der Waals surface area contributed by atoms with Crippen LogP contribution in [-0.2, 0) is 10.0 Å². The number of aliphatic hydroxyl groups excluding tert-OH is 1. The van der Waals surface area contributed by atoms with E-state index >= 15 is 0 Å². The van der Waals surface area contributed by atoms with E-state index in [0.717, 1.165) is 24.2 Å². The summed E-state index contributed by atoms with van der Waals surface area (Å²) in [5, 5.41) is 11.0. The summed E-state index contributed by atoms with van der Waals surface area (Å²) in [6.45, 7) is 15.0. The van der Waals surface area contributed by atoms with Gasteiger partial charge in [-0.2, -0.15) is 0 Å². The van der Waals surface area contributed by atoms with E-state index in [1.165, 1.54) is 9.21 Å². The summed E-state index contributed by atoms with van der Waals surface area (Å²) in [6.07, 6.45) is -0.770. The van der Waals surface area contributed by atoms with Crippen molar-refractivity contribution in [2.75, 3.05) is 30.5 Å². The van der Waals surface area contributed by atoms with Crippen molar-refractivity contribution in [1.82, 2.24) is 0 Å². The topological polar surface area (TPSA) is 62.0 Å². The van der Waals surface area contributed by atoms with E-state index in [0.29, 0.717) is 24.1 Å². The molecule has 0 aromatic heterocycles. The van der Waals surface area contributed by atoms with E-state index in [9.17, 15) is 13.5 Å². The number of rotatable bonds is 11. The highest BCUT2D eigenvalue weighted by Gasteiger charge is 2.29. The number of quaternary nitrogens is 1. The highest BCUT2D eigenvalue weighted by atomic mass is 32.2. The third-order valence-corrected chi connectivity index (χ3v) is 7.00. The van der Waals surface area contributed by atoms with Gasteiger partial charge in [-0.05, 0) is 43.7 Å². The van der Waals surface area contributed by atoms with Crippen molar-refractivity contribution in [2.24, 2.45) is 11.8 Å².